The quantitative estimate of drug-likeness (QED) is 0.348. The van der Waals surface area contributed by atoms with E-state index >= 15 is 0 Å². The fourth-order valence-corrected chi connectivity index (χ4v) is 4.06. The van der Waals surface area contributed by atoms with Gasteiger partial charge in [-0.3, -0.25) is 19.3 Å². The molecule has 0 saturated carbocycles. The van der Waals surface area contributed by atoms with Crippen LogP contribution in [0.1, 0.15) is 32.0 Å². The molecule has 4 aromatic heterocycles. The van der Waals surface area contributed by atoms with E-state index < -0.39 is 5.41 Å². The Kier molecular flexibility index (Phi) is 5.18. The van der Waals surface area contributed by atoms with Crippen LogP contribution in [0, 0.1) is 11.3 Å². The van der Waals surface area contributed by atoms with E-state index in [0.717, 1.165) is 34.3 Å². The van der Waals surface area contributed by atoms with Crippen LogP contribution >= 0.6 is 0 Å². The molecule has 0 unspecified atom stereocenters. The minimum absolute atomic E-state index is 0.159. The third-order valence-electron chi connectivity index (χ3n) is 6.17. The van der Waals surface area contributed by atoms with E-state index in [9.17, 15) is 10.1 Å². The van der Waals surface area contributed by atoms with Crippen molar-refractivity contribution < 1.29 is 0 Å². The number of pyridine rings is 4. The van der Waals surface area contributed by atoms with E-state index in [-0.39, 0.29) is 5.56 Å². The number of hydrogen-bond donors (Lipinski definition) is 0. The van der Waals surface area contributed by atoms with Crippen molar-refractivity contribution in [3.63, 3.8) is 0 Å². The largest absolute Gasteiger partial charge is 0.275 e. The molecule has 0 aliphatic rings. The summed E-state index contributed by atoms with van der Waals surface area (Å²) in [6.45, 7) is 5.82. The molecule has 0 aliphatic heterocycles. The molecular formula is C28H23N5O. The zero-order chi connectivity index (χ0) is 23.9. The molecule has 0 aliphatic carbocycles. The predicted octanol–water partition coefficient (Wildman–Crippen LogP) is 5.36. The van der Waals surface area contributed by atoms with E-state index in [1.807, 2.05) is 68.6 Å². The minimum Gasteiger partial charge on any atom is -0.275 e. The van der Waals surface area contributed by atoms with E-state index in [4.69, 9.17) is 4.98 Å². The van der Waals surface area contributed by atoms with Gasteiger partial charge in [-0.25, -0.2) is 4.98 Å². The van der Waals surface area contributed by atoms with Gasteiger partial charge in [0.05, 0.1) is 28.2 Å². The maximum Gasteiger partial charge on any atom is 0.255 e. The summed E-state index contributed by atoms with van der Waals surface area (Å²) in [6, 6.07) is 21.0. The molecule has 0 atom stereocenters. The van der Waals surface area contributed by atoms with Crippen LogP contribution in [-0.2, 0) is 11.8 Å². The lowest BCUT2D eigenvalue weighted by atomic mass is 9.86. The second-order valence-electron chi connectivity index (χ2n) is 8.81. The molecule has 0 radical (unpaired) electrons. The Morgan fingerprint density at radius 1 is 0.941 bits per heavy atom. The van der Waals surface area contributed by atoms with Crippen molar-refractivity contribution in [1.82, 2.24) is 19.5 Å². The first-order valence-corrected chi connectivity index (χ1v) is 11.2. The average Bonchev–Trinajstić information content (AvgIpc) is 2.88. The number of nitrogens with zero attached hydrogens (tertiary/aromatic N) is 5. The third-order valence-corrected chi connectivity index (χ3v) is 6.17. The number of hydrogen-bond acceptors (Lipinski definition) is 5. The van der Waals surface area contributed by atoms with E-state index in [1.165, 1.54) is 0 Å². The fraction of sp³-hybridized carbons (Fsp3) is 0.179. The van der Waals surface area contributed by atoms with Gasteiger partial charge in [-0.1, -0.05) is 19.1 Å². The number of benzene rings is 1. The molecule has 5 aromatic rings. The lowest BCUT2D eigenvalue weighted by Crippen LogP contribution is -2.19. The Bertz CT molecular complexity index is 1630. The molecule has 0 bridgehead atoms. The van der Waals surface area contributed by atoms with Gasteiger partial charge in [0, 0.05) is 40.8 Å². The molecule has 34 heavy (non-hydrogen) atoms. The summed E-state index contributed by atoms with van der Waals surface area (Å²) >= 11 is 0. The minimum atomic E-state index is -0.614. The third kappa shape index (κ3) is 3.61. The number of aryl methyl sites for hydroxylation is 1. The fourth-order valence-electron chi connectivity index (χ4n) is 4.06. The average molecular weight is 446 g/mol. The lowest BCUT2D eigenvalue weighted by Gasteiger charge is -2.17. The van der Waals surface area contributed by atoms with Gasteiger partial charge in [0.1, 0.15) is 5.52 Å². The van der Waals surface area contributed by atoms with E-state index in [2.05, 4.69) is 23.0 Å². The molecular weight excluding hydrogens is 422 g/mol. The molecule has 0 amide bonds. The van der Waals surface area contributed by atoms with Crippen LogP contribution in [0.15, 0.2) is 77.9 Å². The first kappa shape index (κ1) is 21.5. The van der Waals surface area contributed by atoms with Crippen molar-refractivity contribution in [3.05, 3.63) is 94.7 Å². The smallest absolute Gasteiger partial charge is 0.255 e. The van der Waals surface area contributed by atoms with Gasteiger partial charge in [0.15, 0.2) is 0 Å². The molecule has 0 N–H and O–H groups in total. The number of rotatable bonds is 4. The van der Waals surface area contributed by atoms with Crippen molar-refractivity contribution in [2.24, 2.45) is 0 Å². The van der Waals surface area contributed by atoms with E-state index in [1.54, 1.807) is 22.9 Å². The normalized spacial score (nSPS) is 11.6. The number of nitriles is 1. The Balaban J connectivity index is 1.75. The standard InChI is InChI=1S/C28H23N5O/c1-4-21-9-5-18(15-30-21)23-12-13-24-26(32-23)27-19(16-31-24)6-14-25(34)33(27)22-10-7-20(8-11-22)28(2,3)17-29/h5-16H,4H2,1-3H3. The zero-order valence-corrected chi connectivity index (χ0v) is 19.3. The van der Waals surface area contributed by atoms with Crippen LogP contribution in [0.5, 0.6) is 0 Å². The van der Waals surface area contributed by atoms with Crippen molar-refractivity contribution >= 4 is 21.9 Å². The molecule has 0 fully saturated rings. The maximum absolute atomic E-state index is 13.1. The summed E-state index contributed by atoms with van der Waals surface area (Å²) < 4.78 is 1.66. The number of aromatic nitrogens is 4. The Morgan fingerprint density at radius 2 is 1.74 bits per heavy atom. The molecule has 0 saturated heterocycles. The first-order valence-electron chi connectivity index (χ1n) is 11.2. The van der Waals surface area contributed by atoms with Gasteiger partial charge in [-0.2, -0.15) is 5.26 Å². The molecule has 0 spiro atoms. The van der Waals surface area contributed by atoms with Crippen molar-refractivity contribution in [2.75, 3.05) is 0 Å². The van der Waals surface area contributed by atoms with Gasteiger partial charge in [-0.15, -0.1) is 0 Å². The summed E-state index contributed by atoms with van der Waals surface area (Å²) in [6.07, 6.45) is 4.46. The highest BCUT2D eigenvalue weighted by atomic mass is 16.1. The summed E-state index contributed by atoms with van der Waals surface area (Å²) in [5, 5.41) is 10.3. The monoisotopic (exact) mass is 445 g/mol. The highest BCUT2D eigenvalue weighted by Gasteiger charge is 2.20. The second-order valence-corrected chi connectivity index (χ2v) is 8.81. The van der Waals surface area contributed by atoms with E-state index in [0.29, 0.717) is 22.2 Å². The van der Waals surface area contributed by atoms with Gasteiger partial charge in [0.25, 0.3) is 5.56 Å². The van der Waals surface area contributed by atoms with Gasteiger partial charge >= 0.3 is 0 Å². The van der Waals surface area contributed by atoms with Gasteiger partial charge < -0.3 is 0 Å². The predicted molar refractivity (Wildman–Crippen MR) is 134 cm³/mol. The summed E-state index contributed by atoms with van der Waals surface area (Å²) in [5.41, 5.74) is 5.58. The van der Waals surface area contributed by atoms with Crippen LogP contribution in [0.4, 0.5) is 0 Å². The Labute approximate surface area is 197 Å². The van der Waals surface area contributed by atoms with Crippen LogP contribution in [-0.4, -0.2) is 19.5 Å². The molecule has 4 heterocycles. The van der Waals surface area contributed by atoms with Crippen molar-refractivity contribution in [3.8, 4) is 23.0 Å². The summed E-state index contributed by atoms with van der Waals surface area (Å²) in [5.74, 6) is 0. The highest BCUT2D eigenvalue weighted by molar-refractivity contribution is 6.02. The Morgan fingerprint density at radius 3 is 2.41 bits per heavy atom. The zero-order valence-electron chi connectivity index (χ0n) is 19.3. The lowest BCUT2D eigenvalue weighted by molar-refractivity contribution is 0.686. The van der Waals surface area contributed by atoms with Gasteiger partial charge in [-0.05, 0) is 68.3 Å². The van der Waals surface area contributed by atoms with Crippen molar-refractivity contribution in [2.45, 2.75) is 32.6 Å². The molecule has 6 heteroatoms. The summed E-state index contributed by atoms with van der Waals surface area (Å²) in [7, 11) is 0. The first-order chi connectivity index (χ1) is 16.4. The molecule has 166 valence electrons. The molecule has 6 nitrogen and oxygen atoms in total. The maximum atomic E-state index is 13.1. The Hall–Kier alpha value is -4.37. The molecule has 5 rings (SSSR count). The van der Waals surface area contributed by atoms with Crippen LogP contribution in [0.2, 0.25) is 0 Å². The van der Waals surface area contributed by atoms with Crippen LogP contribution < -0.4 is 5.56 Å². The topological polar surface area (TPSA) is 84.5 Å². The molecule has 1 aromatic carbocycles. The van der Waals surface area contributed by atoms with Crippen LogP contribution in [0.3, 0.4) is 0 Å². The number of fused-ring (bicyclic) bond motifs is 3. The van der Waals surface area contributed by atoms with Crippen molar-refractivity contribution in [1.29, 1.82) is 5.26 Å². The highest BCUT2D eigenvalue weighted by Crippen LogP contribution is 2.28. The SMILES string of the molecule is CCc1ccc(-c2ccc3ncc4ccc(=O)n(-c5ccc(C(C)(C)C#N)cc5)c4c3n2)cn1. The van der Waals surface area contributed by atoms with Gasteiger partial charge in [0.2, 0.25) is 0 Å². The summed E-state index contributed by atoms with van der Waals surface area (Å²) in [4.78, 5) is 27.1. The van der Waals surface area contributed by atoms with Crippen LogP contribution in [0.25, 0.3) is 38.9 Å². The second kappa shape index (κ2) is 8.20.